The van der Waals surface area contributed by atoms with Crippen LogP contribution >= 0.6 is 15.9 Å². The Bertz CT molecular complexity index is 535. The Morgan fingerprint density at radius 3 is 3.05 bits per heavy atom. The quantitative estimate of drug-likeness (QED) is 0.845. The number of hydrogen-bond acceptors (Lipinski definition) is 4. The maximum Gasteiger partial charge on any atom is 0.337 e. The number of ether oxygens (including phenoxy) is 1. The molecule has 2 aliphatic heterocycles. The molecule has 0 radical (unpaired) electrons. The standard InChI is InChI=1S/C16H21BrN2O2/c1-21-16(20)11-4-5-12(13(17)9-11)10-18-14-6-8-19-7-2-3-15(14)19/h4-5,9,14-15,18H,2-3,6-8,10H2,1H3. The van der Waals surface area contributed by atoms with Crippen LogP contribution in [0, 0.1) is 0 Å². The molecular weight excluding hydrogens is 332 g/mol. The summed E-state index contributed by atoms with van der Waals surface area (Å²) in [6.45, 7) is 3.32. The predicted molar refractivity (Wildman–Crippen MR) is 85.3 cm³/mol. The number of nitrogens with one attached hydrogen (secondary N) is 1. The highest BCUT2D eigenvalue weighted by Gasteiger charge is 2.36. The molecule has 4 nitrogen and oxygen atoms in total. The first-order valence-corrected chi connectivity index (χ1v) is 8.32. The second-order valence-electron chi connectivity index (χ2n) is 5.82. The first kappa shape index (κ1) is 15.0. The van der Waals surface area contributed by atoms with E-state index in [0.29, 0.717) is 11.6 Å². The maximum absolute atomic E-state index is 11.5. The molecule has 2 atom stereocenters. The van der Waals surface area contributed by atoms with Gasteiger partial charge in [-0.15, -0.1) is 0 Å². The summed E-state index contributed by atoms with van der Waals surface area (Å²) >= 11 is 3.55. The van der Waals surface area contributed by atoms with Crippen molar-refractivity contribution in [3.63, 3.8) is 0 Å². The molecule has 0 bridgehead atoms. The normalized spacial score (nSPS) is 25.0. The third-order valence-corrected chi connectivity index (χ3v) is 5.37. The van der Waals surface area contributed by atoms with Crippen LogP contribution in [0.2, 0.25) is 0 Å². The Hall–Kier alpha value is -0.910. The van der Waals surface area contributed by atoms with Gasteiger partial charge < -0.3 is 10.1 Å². The Kier molecular flexibility index (Phi) is 4.62. The first-order chi connectivity index (χ1) is 10.2. The minimum Gasteiger partial charge on any atom is -0.465 e. The molecule has 1 aromatic carbocycles. The molecule has 2 heterocycles. The van der Waals surface area contributed by atoms with Gasteiger partial charge in [-0.25, -0.2) is 4.79 Å². The highest BCUT2D eigenvalue weighted by atomic mass is 79.9. The van der Waals surface area contributed by atoms with Gasteiger partial charge in [0.2, 0.25) is 0 Å². The Labute approximate surface area is 134 Å². The summed E-state index contributed by atoms with van der Waals surface area (Å²) in [6, 6.07) is 6.96. The Morgan fingerprint density at radius 2 is 2.29 bits per heavy atom. The summed E-state index contributed by atoms with van der Waals surface area (Å²) in [5.41, 5.74) is 1.76. The van der Waals surface area contributed by atoms with Crippen molar-refractivity contribution in [3.05, 3.63) is 33.8 Å². The predicted octanol–water partition coefficient (Wildman–Crippen LogP) is 2.56. The molecule has 0 spiro atoms. The number of carbonyl (C=O) groups is 1. The largest absolute Gasteiger partial charge is 0.465 e. The molecule has 0 aromatic heterocycles. The van der Waals surface area contributed by atoms with Crippen molar-refractivity contribution in [1.82, 2.24) is 10.2 Å². The van der Waals surface area contributed by atoms with Crippen molar-refractivity contribution >= 4 is 21.9 Å². The number of rotatable bonds is 4. The summed E-state index contributed by atoms with van der Waals surface area (Å²) in [5, 5.41) is 3.68. The van der Waals surface area contributed by atoms with Gasteiger partial charge in [-0.05, 0) is 43.5 Å². The molecule has 2 aliphatic rings. The van der Waals surface area contributed by atoms with E-state index in [0.717, 1.165) is 17.1 Å². The van der Waals surface area contributed by atoms with Gasteiger partial charge in [0.25, 0.3) is 0 Å². The topological polar surface area (TPSA) is 41.6 Å². The lowest BCUT2D eigenvalue weighted by molar-refractivity contribution is 0.0600. The van der Waals surface area contributed by atoms with Crippen LogP contribution in [0.5, 0.6) is 0 Å². The van der Waals surface area contributed by atoms with E-state index < -0.39 is 0 Å². The minimum atomic E-state index is -0.299. The van der Waals surface area contributed by atoms with Gasteiger partial charge in [0, 0.05) is 29.6 Å². The van der Waals surface area contributed by atoms with E-state index in [-0.39, 0.29) is 5.97 Å². The van der Waals surface area contributed by atoms with Crippen LogP contribution in [0.15, 0.2) is 22.7 Å². The van der Waals surface area contributed by atoms with E-state index in [1.54, 1.807) is 0 Å². The number of methoxy groups -OCH3 is 1. The van der Waals surface area contributed by atoms with Gasteiger partial charge in [0.05, 0.1) is 12.7 Å². The summed E-state index contributed by atoms with van der Waals surface area (Å²) < 4.78 is 5.70. The summed E-state index contributed by atoms with van der Waals surface area (Å²) in [6.07, 6.45) is 3.89. The minimum absolute atomic E-state index is 0.299. The molecule has 114 valence electrons. The molecule has 1 aromatic rings. The van der Waals surface area contributed by atoms with Crippen molar-refractivity contribution in [2.24, 2.45) is 0 Å². The zero-order valence-electron chi connectivity index (χ0n) is 12.3. The molecule has 2 fully saturated rings. The average Bonchev–Trinajstić information content (AvgIpc) is 3.09. The van der Waals surface area contributed by atoms with Crippen LogP contribution in [0.1, 0.15) is 35.2 Å². The molecule has 1 N–H and O–H groups in total. The zero-order valence-corrected chi connectivity index (χ0v) is 13.9. The number of esters is 1. The smallest absolute Gasteiger partial charge is 0.337 e. The fourth-order valence-corrected chi connectivity index (χ4v) is 4.02. The van der Waals surface area contributed by atoms with Crippen LogP contribution < -0.4 is 5.32 Å². The van der Waals surface area contributed by atoms with Crippen molar-refractivity contribution in [3.8, 4) is 0 Å². The van der Waals surface area contributed by atoms with E-state index in [4.69, 9.17) is 4.74 Å². The van der Waals surface area contributed by atoms with Crippen molar-refractivity contribution in [1.29, 1.82) is 0 Å². The molecular formula is C16H21BrN2O2. The van der Waals surface area contributed by atoms with Crippen molar-refractivity contribution in [2.45, 2.75) is 37.9 Å². The average molecular weight is 353 g/mol. The second-order valence-corrected chi connectivity index (χ2v) is 6.67. The third-order valence-electron chi connectivity index (χ3n) is 4.63. The van der Waals surface area contributed by atoms with Crippen molar-refractivity contribution < 1.29 is 9.53 Å². The molecule has 0 saturated carbocycles. The number of carbonyl (C=O) groups excluding carboxylic acids is 1. The summed E-state index contributed by atoms with van der Waals surface area (Å²) in [5.74, 6) is -0.299. The summed E-state index contributed by atoms with van der Waals surface area (Å²) in [4.78, 5) is 14.1. The van der Waals surface area contributed by atoms with E-state index in [2.05, 4.69) is 26.1 Å². The molecule has 21 heavy (non-hydrogen) atoms. The molecule has 0 aliphatic carbocycles. The van der Waals surface area contributed by atoms with E-state index in [1.807, 2.05) is 18.2 Å². The number of benzene rings is 1. The first-order valence-electron chi connectivity index (χ1n) is 7.53. The van der Waals surface area contributed by atoms with E-state index in [9.17, 15) is 4.79 Å². The number of nitrogens with zero attached hydrogens (tertiary/aromatic N) is 1. The van der Waals surface area contributed by atoms with Gasteiger partial charge >= 0.3 is 5.97 Å². The van der Waals surface area contributed by atoms with Crippen LogP contribution in [-0.2, 0) is 11.3 Å². The molecule has 3 rings (SSSR count). The molecule has 2 unspecified atom stereocenters. The number of hydrogen-bond donors (Lipinski definition) is 1. The van der Waals surface area contributed by atoms with E-state index >= 15 is 0 Å². The number of halogens is 1. The maximum atomic E-state index is 11.5. The van der Waals surface area contributed by atoms with Gasteiger partial charge in [0.1, 0.15) is 0 Å². The third kappa shape index (κ3) is 3.15. The van der Waals surface area contributed by atoms with Gasteiger partial charge in [-0.2, -0.15) is 0 Å². The lowest BCUT2D eigenvalue weighted by atomic mass is 10.1. The molecule has 0 amide bonds. The molecule has 2 saturated heterocycles. The Morgan fingerprint density at radius 1 is 1.43 bits per heavy atom. The zero-order chi connectivity index (χ0) is 14.8. The van der Waals surface area contributed by atoms with E-state index in [1.165, 1.54) is 45.0 Å². The van der Waals surface area contributed by atoms with Crippen LogP contribution in [0.25, 0.3) is 0 Å². The highest BCUT2D eigenvalue weighted by Crippen LogP contribution is 2.28. The van der Waals surface area contributed by atoms with Crippen LogP contribution in [0.4, 0.5) is 0 Å². The lowest BCUT2D eigenvalue weighted by Gasteiger charge is -2.21. The van der Waals surface area contributed by atoms with Gasteiger partial charge in [-0.1, -0.05) is 22.0 Å². The van der Waals surface area contributed by atoms with Crippen molar-refractivity contribution in [2.75, 3.05) is 20.2 Å². The highest BCUT2D eigenvalue weighted by molar-refractivity contribution is 9.10. The monoisotopic (exact) mass is 352 g/mol. The van der Waals surface area contributed by atoms with Gasteiger partial charge in [0.15, 0.2) is 0 Å². The lowest BCUT2D eigenvalue weighted by Crippen LogP contribution is -2.38. The molecule has 5 heteroatoms. The SMILES string of the molecule is COC(=O)c1ccc(CNC2CCN3CCCC23)c(Br)c1. The Balaban J connectivity index is 1.61. The summed E-state index contributed by atoms with van der Waals surface area (Å²) in [7, 11) is 1.40. The fraction of sp³-hybridized carbons (Fsp3) is 0.562. The second kappa shape index (κ2) is 6.46. The number of fused-ring (bicyclic) bond motifs is 1. The fourth-order valence-electron chi connectivity index (χ4n) is 3.50. The van der Waals surface area contributed by atoms with Crippen LogP contribution in [0.3, 0.4) is 0 Å². The van der Waals surface area contributed by atoms with Gasteiger partial charge in [-0.3, -0.25) is 4.90 Å². The van der Waals surface area contributed by atoms with Crippen LogP contribution in [-0.4, -0.2) is 43.2 Å².